The van der Waals surface area contributed by atoms with Crippen LogP contribution < -0.4 is 5.73 Å². The average molecular weight is 249 g/mol. The summed E-state index contributed by atoms with van der Waals surface area (Å²) in [7, 11) is 1.57. The molecule has 1 aliphatic rings. The van der Waals surface area contributed by atoms with Crippen LogP contribution in [0, 0.1) is 0 Å². The Kier molecular flexibility index (Phi) is 3.24. The van der Waals surface area contributed by atoms with Gasteiger partial charge in [0.05, 0.1) is 5.69 Å². The van der Waals surface area contributed by atoms with E-state index in [9.17, 15) is 4.79 Å². The molecule has 2 rings (SSSR count). The first-order valence-electron chi connectivity index (χ1n) is 5.60. The van der Waals surface area contributed by atoms with E-state index >= 15 is 0 Å². The minimum atomic E-state index is -0.592. The van der Waals surface area contributed by atoms with Crippen LogP contribution in [0.1, 0.15) is 31.3 Å². The molecule has 2 atom stereocenters. The zero-order valence-electron chi connectivity index (χ0n) is 10.5. The zero-order valence-corrected chi connectivity index (χ0v) is 10.5. The van der Waals surface area contributed by atoms with Gasteiger partial charge in [0, 0.05) is 25.5 Å². The predicted octanol–water partition coefficient (Wildman–Crippen LogP) is 0.0350. The monoisotopic (exact) mass is 249 g/mol. The third kappa shape index (κ3) is 2.17. The standard InChI is InChI=1S/C11H15N5O2/c1-6(12)8-9(14-5-4-13-8)10-15-16(3)11(17)7(2)18-10/h4-7H,12H2,1-3H3. The Morgan fingerprint density at radius 3 is 2.72 bits per heavy atom. The number of hydrazone groups is 1. The Morgan fingerprint density at radius 2 is 2.11 bits per heavy atom. The molecule has 2 heterocycles. The second-order valence-electron chi connectivity index (χ2n) is 4.11. The van der Waals surface area contributed by atoms with Gasteiger partial charge in [0.25, 0.3) is 11.8 Å². The fraction of sp³-hybridized carbons (Fsp3) is 0.455. The number of carbonyl (C=O) groups excluding carboxylic acids is 1. The van der Waals surface area contributed by atoms with Gasteiger partial charge in [-0.15, -0.1) is 5.10 Å². The van der Waals surface area contributed by atoms with Gasteiger partial charge in [-0.2, -0.15) is 0 Å². The quantitative estimate of drug-likeness (QED) is 0.798. The smallest absolute Gasteiger partial charge is 0.283 e. The summed E-state index contributed by atoms with van der Waals surface area (Å²) in [4.78, 5) is 19.9. The van der Waals surface area contributed by atoms with Gasteiger partial charge in [0.2, 0.25) is 0 Å². The highest BCUT2D eigenvalue weighted by Crippen LogP contribution is 2.16. The lowest BCUT2D eigenvalue weighted by Gasteiger charge is -2.25. The van der Waals surface area contributed by atoms with Crippen LogP contribution in [0.5, 0.6) is 0 Å². The average Bonchev–Trinajstić information content (AvgIpc) is 2.35. The van der Waals surface area contributed by atoms with Crippen molar-refractivity contribution in [2.75, 3.05) is 7.05 Å². The molecule has 0 saturated heterocycles. The Balaban J connectivity index is 2.44. The van der Waals surface area contributed by atoms with Crippen LogP contribution in [-0.4, -0.2) is 39.9 Å². The van der Waals surface area contributed by atoms with Gasteiger partial charge in [-0.1, -0.05) is 0 Å². The molecule has 1 aliphatic heterocycles. The molecule has 18 heavy (non-hydrogen) atoms. The number of aromatic nitrogens is 2. The van der Waals surface area contributed by atoms with Crippen LogP contribution in [0.4, 0.5) is 0 Å². The summed E-state index contributed by atoms with van der Waals surface area (Å²) in [5.74, 6) is 0.0648. The van der Waals surface area contributed by atoms with Gasteiger partial charge in [0.1, 0.15) is 5.69 Å². The maximum absolute atomic E-state index is 11.6. The molecule has 0 spiro atoms. The molecule has 0 radical (unpaired) electrons. The minimum Gasteiger partial charge on any atom is -0.462 e. The Labute approximate surface area is 105 Å². The summed E-state index contributed by atoms with van der Waals surface area (Å²) in [6, 6.07) is -0.293. The number of nitrogens with zero attached hydrogens (tertiary/aromatic N) is 4. The summed E-state index contributed by atoms with van der Waals surface area (Å²) in [6.07, 6.45) is 2.50. The maximum Gasteiger partial charge on any atom is 0.283 e. The molecule has 1 aromatic heterocycles. The van der Waals surface area contributed by atoms with Crippen molar-refractivity contribution in [3.63, 3.8) is 0 Å². The van der Waals surface area contributed by atoms with Gasteiger partial charge in [0.15, 0.2) is 6.10 Å². The Bertz CT molecular complexity index is 500. The summed E-state index contributed by atoms with van der Waals surface area (Å²) in [6.45, 7) is 3.46. The van der Waals surface area contributed by atoms with Gasteiger partial charge in [-0.25, -0.2) is 9.99 Å². The number of nitrogens with two attached hydrogens (primary N) is 1. The molecule has 1 aromatic rings. The first-order chi connectivity index (χ1) is 8.50. The van der Waals surface area contributed by atoms with Crippen molar-refractivity contribution in [1.29, 1.82) is 0 Å². The first-order valence-corrected chi connectivity index (χ1v) is 5.60. The van der Waals surface area contributed by atoms with Crippen molar-refractivity contribution in [3.05, 3.63) is 23.8 Å². The van der Waals surface area contributed by atoms with Crippen molar-refractivity contribution in [2.24, 2.45) is 10.8 Å². The van der Waals surface area contributed by atoms with E-state index in [2.05, 4.69) is 15.1 Å². The van der Waals surface area contributed by atoms with E-state index < -0.39 is 6.10 Å². The van der Waals surface area contributed by atoms with Crippen LogP contribution in [0.2, 0.25) is 0 Å². The van der Waals surface area contributed by atoms with E-state index in [1.807, 2.05) is 0 Å². The van der Waals surface area contributed by atoms with E-state index in [1.165, 1.54) is 11.2 Å². The van der Waals surface area contributed by atoms with E-state index in [-0.39, 0.29) is 17.8 Å². The summed E-state index contributed by atoms with van der Waals surface area (Å²) in [5.41, 5.74) is 6.88. The molecule has 7 nitrogen and oxygen atoms in total. The topological polar surface area (TPSA) is 93.7 Å². The summed E-state index contributed by atoms with van der Waals surface area (Å²) >= 11 is 0. The molecule has 7 heteroatoms. The number of hydrogen-bond donors (Lipinski definition) is 1. The van der Waals surface area contributed by atoms with Gasteiger partial charge >= 0.3 is 0 Å². The Hall–Kier alpha value is -2.02. The fourth-order valence-electron chi connectivity index (χ4n) is 1.64. The number of rotatable bonds is 2. The van der Waals surface area contributed by atoms with E-state index in [4.69, 9.17) is 10.5 Å². The number of ether oxygens (including phenoxy) is 1. The van der Waals surface area contributed by atoms with Gasteiger partial charge < -0.3 is 10.5 Å². The molecule has 2 N–H and O–H groups in total. The second-order valence-corrected chi connectivity index (χ2v) is 4.11. The first kappa shape index (κ1) is 12.4. The lowest BCUT2D eigenvalue weighted by molar-refractivity contribution is -0.139. The van der Waals surface area contributed by atoms with Crippen molar-refractivity contribution < 1.29 is 9.53 Å². The van der Waals surface area contributed by atoms with Crippen molar-refractivity contribution in [3.8, 4) is 0 Å². The number of carbonyl (C=O) groups is 1. The van der Waals surface area contributed by atoms with Crippen molar-refractivity contribution in [1.82, 2.24) is 15.0 Å². The highest BCUT2D eigenvalue weighted by atomic mass is 16.5. The van der Waals surface area contributed by atoms with Gasteiger partial charge in [-0.05, 0) is 13.8 Å². The van der Waals surface area contributed by atoms with E-state index in [0.29, 0.717) is 11.4 Å². The molecule has 0 bridgehead atoms. The van der Waals surface area contributed by atoms with Crippen molar-refractivity contribution in [2.45, 2.75) is 26.0 Å². The van der Waals surface area contributed by atoms with Crippen LogP contribution in [0.25, 0.3) is 0 Å². The predicted molar refractivity (Wildman–Crippen MR) is 64.5 cm³/mol. The Morgan fingerprint density at radius 1 is 1.44 bits per heavy atom. The van der Waals surface area contributed by atoms with Crippen LogP contribution in [-0.2, 0) is 9.53 Å². The number of hydrogen-bond acceptors (Lipinski definition) is 6. The minimum absolute atomic E-state index is 0.204. The summed E-state index contributed by atoms with van der Waals surface area (Å²) in [5, 5.41) is 5.29. The lowest BCUT2D eigenvalue weighted by atomic mass is 10.2. The highest BCUT2D eigenvalue weighted by molar-refractivity contribution is 5.98. The number of amides is 1. The molecule has 0 saturated carbocycles. The molecule has 2 unspecified atom stereocenters. The molecular weight excluding hydrogens is 234 g/mol. The van der Waals surface area contributed by atoms with Crippen molar-refractivity contribution >= 4 is 11.8 Å². The molecule has 96 valence electrons. The van der Waals surface area contributed by atoms with E-state index in [1.54, 1.807) is 27.1 Å². The van der Waals surface area contributed by atoms with Crippen LogP contribution in [0.15, 0.2) is 17.5 Å². The third-order valence-corrected chi connectivity index (χ3v) is 2.56. The molecule has 0 aromatic carbocycles. The molecular formula is C11H15N5O2. The fourth-order valence-corrected chi connectivity index (χ4v) is 1.64. The SMILES string of the molecule is CC1OC(c2nccnc2C(C)N)=NN(C)C1=O. The summed E-state index contributed by atoms with van der Waals surface area (Å²) < 4.78 is 5.45. The lowest BCUT2D eigenvalue weighted by Crippen LogP contribution is -2.41. The largest absolute Gasteiger partial charge is 0.462 e. The zero-order chi connectivity index (χ0) is 13.3. The maximum atomic E-state index is 11.6. The normalized spacial score (nSPS) is 21.3. The molecule has 0 fully saturated rings. The third-order valence-electron chi connectivity index (χ3n) is 2.56. The molecule has 0 aliphatic carbocycles. The van der Waals surface area contributed by atoms with Crippen LogP contribution >= 0.6 is 0 Å². The molecule has 1 amide bonds. The van der Waals surface area contributed by atoms with E-state index in [0.717, 1.165) is 0 Å². The second kappa shape index (κ2) is 4.69. The van der Waals surface area contributed by atoms with Gasteiger partial charge in [-0.3, -0.25) is 9.78 Å². The van der Waals surface area contributed by atoms with Crippen LogP contribution in [0.3, 0.4) is 0 Å². The number of likely N-dealkylation sites (N-methyl/N-ethyl adjacent to an activating group) is 1. The highest BCUT2D eigenvalue weighted by Gasteiger charge is 2.29.